The maximum absolute atomic E-state index is 13.5. The zero-order valence-electron chi connectivity index (χ0n) is 18.3. The van der Waals surface area contributed by atoms with Crippen LogP contribution in [0.2, 0.25) is 0 Å². The van der Waals surface area contributed by atoms with Crippen LogP contribution < -0.4 is 5.73 Å². The van der Waals surface area contributed by atoms with Crippen molar-refractivity contribution in [2.45, 2.75) is 46.1 Å². The van der Waals surface area contributed by atoms with E-state index in [1.165, 1.54) is 18.1 Å². The van der Waals surface area contributed by atoms with E-state index >= 15 is 0 Å². The van der Waals surface area contributed by atoms with Gasteiger partial charge < -0.3 is 15.4 Å². The van der Waals surface area contributed by atoms with Crippen molar-refractivity contribution >= 4 is 22.6 Å². The lowest BCUT2D eigenvalue weighted by atomic mass is 10.0. The fraction of sp³-hybridized carbons (Fsp3) is 0.348. The third-order valence-electron chi connectivity index (χ3n) is 5.44. The molecule has 0 radical (unpaired) electrons. The Morgan fingerprint density at radius 3 is 2.50 bits per heavy atom. The van der Waals surface area contributed by atoms with Gasteiger partial charge in [0.05, 0.1) is 23.3 Å². The number of nitrogens with zero attached hydrogens (tertiary/aromatic N) is 3. The number of methoxy groups -OCH3 is 1. The highest BCUT2D eigenvalue weighted by Crippen LogP contribution is 2.29. The number of pyridine rings is 2. The molecule has 0 aliphatic heterocycles. The second-order valence-electron chi connectivity index (χ2n) is 7.56. The predicted octanol–water partition coefficient (Wildman–Crippen LogP) is 4.87. The first kappa shape index (κ1) is 23.5. The highest BCUT2D eigenvalue weighted by molar-refractivity contribution is 6.01. The van der Waals surface area contributed by atoms with Gasteiger partial charge in [-0.25, -0.2) is 4.98 Å². The van der Waals surface area contributed by atoms with Gasteiger partial charge in [-0.2, -0.15) is 13.2 Å². The summed E-state index contributed by atoms with van der Waals surface area (Å²) in [6.07, 6.45) is -3.79. The number of carbonyl (C=O) groups is 1. The van der Waals surface area contributed by atoms with Crippen LogP contribution in [0, 0.1) is 13.8 Å². The van der Waals surface area contributed by atoms with Crippen molar-refractivity contribution in [2.75, 3.05) is 12.8 Å². The SMILES string of the molecule is CCC(OC)N(Cc1ccc(C(F)(F)F)cn1)C(=O)c1ccc2nc(N)c(C)cc2c1C. The van der Waals surface area contributed by atoms with Crippen LogP contribution in [0.3, 0.4) is 0 Å². The number of benzene rings is 1. The Bertz CT molecular complexity index is 1130. The number of aryl methyl sites for hydroxylation is 2. The second-order valence-corrected chi connectivity index (χ2v) is 7.56. The van der Waals surface area contributed by atoms with Crippen LogP contribution in [-0.2, 0) is 17.5 Å². The normalized spacial score (nSPS) is 12.7. The first-order valence-electron chi connectivity index (χ1n) is 10.1. The molecule has 0 saturated carbocycles. The molecule has 32 heavy (non-hydrogen) atoms. The van der Waals surface area contributed by atoms with E-state index in [1.54, 1.807) is 12.1 Å². The second kappa shape index (κ2) is 9.12. The molecule has 170 valence electrons. The molecule has 9 heteroatoms. The van der Waals surface area contributed by atoms with Gasteiger partial charge in [0.2, 0.25) is 0 Å². The summed E-state index contributed by atoms with van der Waals surface area (Å²) in [4.78, 5) is 23.3. The Morgan fingerprint density at radius 2 is 1.94 bits per heavy atom. The Labute approximate surface area is 184 Å². The maximum Gasteiger partial charge on any atom is 0.417 e. The smallest absolute Gasteiger partial charge is 0.383 e. The first-order chi connectivity index (χ1) is 15.1. The highest BCUT2D eigenvalue weighted by atomic mass is 19.4. The first-order valence-corrected chi connectivity index (χ1v) is 10.1. The third kappa shape index (κ3) is 4.67. The number of aromatic nitrogens is 2. The summed E-state index contributed by atoms with van der Waals surface area (Å²) in [5.74, 6) is 0.116. The summed E-state index contributed by atoms with van der Waals surface area (Å²) in [7, 11) is 1.48. The van der Waals surface area contributed by atoms with Gasteiger partial charge in [-0.1, -0.05) is 6.92 Å². The molecule has 0 saturated heterocycles. The minimum atomic E-state index is -4.47. The molecular weight excluding hydrogens is 421 g/mol. The summed E-state index contributed by atoms with van der Waals surface area (Å²) in [5, 5.41) is 0.806. The summed E-state index contributed by atoms with van der Waals surface area (Å²) >= 11 is 0. The van der Waals surface area contributed by atoms with Crippen LogP contribution in [0.25, 0.3) is 10.9 Å². The van der Waals surface area contributed by atoms with Crippen LogP contribution in [-0.4, -0.2) is 34.1 Å². The van der Waals surface area contributed by atoms with E-state index in [0.29, 0.717) is 29.0 Å². The van der Waals surface area contributed by atoms with Crippen molar-refractivity contribution in [3.8, 4) is 0 Å². The van der Waals surface area contributed by atoms with E-state index in [2.05, 4.69) is 9.97 Å². The highest BCUT2D eigenvalue weighted by Gasteiger charge is 2.31. The Balaban J connectivity index is 2.00. The largest absolute Gasteiger partial charge is 0.417 e. The number of alkyl halides is 3. The minimum absolute atomic E-state index is 0.000189. The summed E-state index contributed by atoms with van der Waals surface area (Å²) in [6, 6.07) is 7.53. The van der Waals surface area contributed by atoms with Crippen LogP contribution in [0.15, 0.2) is 36.5 Å². The van der Waals surface area contributed by atoms with Crippen molar-refractivity contribution in [3.63, 3.8) is 0 Å². The van der Waals surface area contributed by atoms with Gasteiger partial charge in [-0.15, -0.1) is 0 Å². The number of ether oxygens (including phenoxy) is 1. The number of fused-ring (bicyclic) bond motifs is 1. The summed E-state index contributed by atoms with van der Waals surface area (Å²) in [5.41, 5.74) is 8.05. The number of hydrogen-bond donors (Lipinski definition) is 1. The number of carbonyl (C=O) groups excluding carboxylic acids is 1. The molecule has 0 spiro atoms. The number of hydrogen-bond acceptors (Lipinski definition) is 5. The standard InChI is InChI=1S/C23H25F3N4O2/c1-5-20(32-4)30(12-16-7-6-15(11-28-16)23(24,25)26)22(31)17-8-9-19-18(14(17)3)10-13(2)21(27)29-19/h6-11,20H,5,12H2,1-4H3,(H2,27,29). The van der Waals surface area contributed by atoms with E-state index in [1.807, 2.05) is 26.8 Å². The number of rotatable bonds is 6. The maximum atomic E-state index is 13.5. The molecule has 1 aromatic carbocycles. The van der Waals surface area contributed by atoms with E-state index in [0.717, 1.165) is 28.8 Å². The summed E-state index contributed by atoms with van der Waals surface area (Å²) < 4.78 is 44.1. The van der Waals surface area contributed by atoms with Gasteiger partial charge in [0, 0.05) is 24.3 Å². The molecule has 3 rings (SSSR count). The lowest BCUT2D eigenvalue weighted by molar-refractivity contribution is -0.137. The molecule has 0 bridgehead atoms. The monoisotopic (exact) mass is 446 g/mol. The number of amides is 1. The summed E-state index contributed by atoms with van der Waals surface area (Å²) in [6.45, 7) is 5.53. The Hall–Kier alpha value is -3.20. The van der Waals surface area contributed by atoms with Crippen LogP contribution in [0.1, 0.15) is 46.1 Å². The fourth-order valence-electron chi connectivity index (χ4n) is 3.57. The molecule has 2 N–H and O–H groups in total. The third-order valence-corrected chi connectivity index (χ3v) is 5.44. The van der Waals surface area contributed by atoms with E-state index in [4.69, 9.17) is 10.5 Å². The van der Waals surface area contributed by atoms with E-state index < -0.39 is 18.0 Å². The molecular formula is C23H25F3N4O2. The van der Waals surface area contributed by atoms with Crippen LogP contribution in [0.5, 0.6) is 0 Å². The average Bonchev–Trinajstić information content (AvgIpc) is 2.75. The Kier molecular flexibility index (Phi) is 6.68. The van der Waals surface area contributed by atoms with E-state index in [9.17, 15) is 18.0 Å². The van der Waals surface area contributed by atoms with Crippen molar-refractivity contribution in [3.05, 3.63) is 64.5 Å². The minimum Gasteiger partial charge on any atom is -0.383 e. The van der Waals surface area contributed by atoms with E-state index in [-0.39, 0.29) is 12.5 Å². The molecule has 0 fully saturated rings. The lowest BCUT2D eigenvalue weighted by Gasteiger charge is -2.30. The van der Waals surface area contributed by atoms with Crippen LogP contribution in [0.4, 0.5) is 19.0 Å². The molecule has 3 aromatic rings. The molecule has 2 heterocycles. The molecule has 1 unspecified atom stereocenters. The molecule has 0 aliphatic carbocycles. The van der Waals surface area contributed by atoms with Crippen molar-refractivity contribution in [2.24, 2.45) is 0 Å². The van der Waals surface area contributed by atoms with Gasteiger partial charge in [0.15, 0.2) is 0 Å². The average molecular weight is 446 g/mol. The van der Waals surface area contributed by atoms with Crippen molar-refractivity contribution in [1.29, 1.82) is 0 Å². The zero-order chi connectivity index (χ0) is 23.6. The number of halogens is 3. The molecule has 2 aromatic heterocycles. The van der Waals surface area contributed by atoms with Gasteiger partial charge >= 0.3 is 6.18 Å². The number of nitrogen functional groups attached to an aromatic ring is 1. The van der Waals surface area contributed by atoms with Crippen LogP contribution >= 0.6 is 0 Å². The molecule has 1 amide bonds. The lowest BCUT2D eigenvalue weighted by Crippen LogP contribution is -2.41. The van der Waals surface area contributed by atoms with Crippen molar-refractivity contribution in [1.82, 2.24) is 14.9 Å². The predicted molar refractivity (Wildman–Crippen MR) is 116 cm³/mol. The fourth-order valence-corrected chi connectivity index (χ4v) is 3.57. The Morgan fingerprint density at radius 1 is 1.22 bits per heavy atom. The van der Waals surface area contributed by atoms with Crippen molar-refractivity contribution < 1.29 is 22.7 Å². The molecule has 1 atom stereocenters. The number of nitrogens with two attached hydrogens (primary N) is 1. The molecule has 0 aliphatic rings. The molecule has 6 nitrogen and oxygen atoms in total. The quantitative estimate of drug-likeness (QED) is 0.546. The van der Waals surface area contributed by atoms with Gasteiger partial charge in [-0.3, -0.25) is 9.78 Å². The topological polar surface area (TPSA) is 81.3 Å². The zero-order valence-corrected chi connectivity index (χ0v) is 18.3. The van der Waals surface area contributed by atoms with Gasteiger partial charge in [-0.05, 0) is 61.7 Å². The van der Waals surface area contributed by atoms with Gasteiger partial charge in [0.25, 0.3) is 5.91 Å². The van der Waals surface area contributed by atoms with Gasteiger partial charge in [0.1, 0.15) is 12.0 Å². The number of anilines is 1.